The zero-order valence-corrected chi connectivity index (χ0v) is 32.4. The van der Waals surface area contributed by atoms with Crippen LogP contribution < -0.4 is 5.11 Å². The van der Waals surface area contributed by atoms with Crippen LogP contribution in [0.5, 0.6) is 11.5 Å². The van der Waals surface area contributed by atoms with E-state index >= 15 is 0 Å². The minimum Gasteiger partial charge on any atom is -0.871 e. The summed E-state index contributed by atoms with van der Waals surface area (Å²) < 4.78 is 65.1. The average Bonchev–Trinajstić information content (AvgIpc) is 3.04. The van der Waals surface area contributed by atoms with Crippen LogP contribution in [0.1, 0.15) is 0 Å². The first-order chi connectivity index (χ1) is 22.8. The SMILES string of the molecule is O=S(=O)(O)c1cccc(N=Nc2c(O)ccc3ccccc23)c1Cl.O=S(=O)([O-])c1cccc(N=Nc2c([O-])ccc3ccccc23)c1Cl.[Ba+2]. The van der Waals surface area contributed by atoms with Gasteiger partial charge in [0.05, 0.1) is 20.6 Å². The Hall–Kier alpha value is -3.39. The summed E-state index contributed by atoms with van der Waals surface area (Å²) in [5, 5.41) is 40.1. The summed E-state index contributed by atoms with van der Waals surface area (Å²) in [6.45, 7) is 0. The molecule has 2 N–H and O–H groups in total. The summed E-state index contributed by atoms with van der Waals surface area (Å²) in [6, 6.07) is 28.5. The maximum absolute atomic E-state index is 12.0. The van der Waals surface area contributed by atoms with Crippen molar-refractivity contribution in [2.24, 2.45) is 20.5 Å². The molecule has 12 nitrogen and oxygen atoms in total. The van der Waals surface area contributed by atoms with E-state index in [-0.39, 0.29) is 93.2 Å². The van der Waals surface area contributed by atoms with Crippen molar-refractivity contribution in [3.05, 3.63) is 119 Å². The van der Waals surface area contributed by atoms with Gasteiger partial charge in [-0.05, 0) is 41.1 Å². The normalized spacial score (nSPS) is 11.8. The summed E-state index contributed by atoms with van der Waals surface area (Å²) in [5.74, 6) is -0.402. The number of nitrogens with zero attached hydrogens (tertiary/aromatic N) is 4. The van der Waals surface area contributed by atoms with Gasteiger partial charge in [-0.25, -0.2) is 8.42 Å². The van der Waals surface area contributed by atoms with Gasteiger partial charge in [0, 0.05) is 10.8 Å². The van der Waals surface area contributed by atoms with Crippen LogP contribution in [0.2, 0.25) is 10.0 Å². The molecule has 49 heavy (non-hydrogen) atoms. The third-order valence-electron chi connectivity index (χ3n) is 6.69. The second kappa shape index (κ2) is 16.1. The van der Waals surface area contributed by atoms with E-state index in [4.69, 9.17) is 27.8 Å². The van der Waals surface area contributed by atoms with Crippen LogP contribution in [-0.4, -0.2) is 79.9 Å². The minimum atomic E-state index is -4.73. The largest absolute Gasteiger partial charge is 2.00 e. The third kappa shape index (κ3) is 9.05. The fourth-order valence-electron chi connectivity index (χ4n) is 4.44. The molecule has 6 rings (SSSR count). The molecule has 0 aliphatic heterocycles. The summed E-state index contributed by atoms with van der Waals surface area (Å²) >= 11 is 11.9. The van der Waals surface area contributed by atoms with Crippen LogP contribution in [0.15, 0.2) is 139 Å². The van der Waals surface area contributed by atoms with Crippen molar-refractivity contribution < 1.29 is 36.2 Å². The van der Waals surface area contributed by atoms with Crippen LogP contribution in [-0.2, 0) is 20.2 Å². The molecule has 0 aromatic heterocycles. The van der Waals surface area contributed by atoms with E-state index in [9.17, 15) is 31.6 Å². The molecule has 0 unspecified atom stereocenters. The zero-order chi connectivity index (χ0) is 34.6. The molecular weight excluding hydrogens is 841 g/mol. The molecule has 244 valence electrons. The molecule has 17 heteroatoms. The van der Waals surface area contributed by atoms with Gasteiger partial charge < -0.3 is 14.8 Å². The Morgan fingerprint density at radius 2 is 1.04 bits per heavy atom. The van der Waals surface area contributed by atoms with E-state index in [0.717, 1.165) is 22.9 Å². The molecule has 0 heterocycles. The number of hydrogen-bond donors (Lipinski definition) is 2. The predicted octanol–water partition coefficient (Wildman–Crippen LogP) is 8.37. The summed E-state index contributed by atoms with van der Waals surface area (Å²) in [4.78, 5) is -1.04. The van der Waals surface area contributed by atoms with Gasteiger partial charge >= 0.3 is 48.9 Å². The molecule has 0 aliphatic carbocycles. The maximum atomic E-state index is 12.0. The summed E-state index contributed by atoms with van der Waals surface area (Å²) in [7, 11) is -9.19. The van der Waals surface area contributed by atoms with Gasteiger partial charge in [0.1, 0.15) is 37.8 Å². The standard InChI is InChI=1S/2C16H11ClN2O4S.Ba/c2*17-15-12(6-3-7-14(15)24(21,22)23)18-19-16-11-5-2-1-4-10(11)8-9-13(16)20;/h2*1-9,20H,(H,21,22,23);/q;;+2/p-2. The Kier molecular flexibility index (Phi) is 12.6. The zero-order valence-electron chi connectivity index (χ0n) is 24.8. The Morgan fingerprint density at radius 1 is 0.571 bits per heavy atom. The van der Waals surface area contributed by atoms with E-state index in [0.29, 0.717) is 10.8 Å². The fraction of sp³-hybridized carbons (Fsp3) is 0. The second-order valence-electron chi connectivity index (χ2n) is 9.80. The number of azo groups is 2. The molecule has 0 radical (unpaired) electrons. The number of aromatic hydroxyl groups is 1. The van der Waals surface area contributed by atoms with Gasteiger partial charge in [-0.15, -0.1) is 15.3 Å². The van der Waals surface area contributed by atoms with Crippen LogP contribution in [0, 0.1) is 0 Å². The Morgan fingerprint density at radius 3 is 1.59 bits per heavy atom. The van der Waals surface area contributed by atoms with Gasteiger partial charge in [-0.2, -0.15) is 13.5 Å². The van der Waals surface area contributed by atoms with Gasteiger partial charge in [0.15, 0.2) is 0 Å². The number of rotatable bonds is 6. The number of phenols is 1. The second-order valence-corrected chi connectivity index (χ2v) is 13.3. The first kappa shape index (κ1) is 38.4. The van der Waals surface area contributed by atoms with Crippen LogP contribution in [0.3, 0.4) is 0 Å². The molecule has 0 bridgehead atoms. The van der Waals surface area contributed by atoms with E-state index in [1.165, 1.54) is 36.4 Å². The maximum Gasteiger partial charge on any atom is 2.00 e. The Labute approximate surface area is 330 Å². The summed E-state index contributed by atoms with van der Waals surface area (Å²) in [5.41, 5.74) is 0.390. The number of halogens is 2. The predicted molar refractivity (Wildman–Crippen MR) is 184 cm³/mol. The Balaban J connectivity index is 0.000000216. The third-order valence-corrected chi connectivity index (χ3v) is 9.48. The quantitative estimate of drug-likeness (QED) is 0.0944. The van der Waals surface area contributed by atoms with E-state index in [1.54, 1.807) is 36.4 Å². The van der Waals surface area contributed by atoms with Crippen LogP contribution in [0.4, 0.5) is 22.7 Å². The molecule has 6 aromatic rings. The van der Waals surface area contributed by atoms with Gasteiger partial charge in [0.2, 0.25) is 0 Å². The number of phenolic OH excluding ortho intramolecular Hbond substituents is 1. The average molecular weight is 861 g/mol. The van der Waals surface area contributed by atoms with Gasteiger partial charge in [0.25, 0.3) is 10.1 Å². The van der Waals surface area contributed by atoms with Crippen LogP contribution >= 0.6 is 23.2 Å². The van der Waals surface area contributed by atoms with Crippen molar-refractivity contribution in [3.8, 4) is 11.5 Å². The molecule has 0 fully saturated rings. The number of fused-ring (bicyclic) bond motifs is 2. The van der Waals surface area contributed by atoms with Crippen molar-refractivity contribution >= 4 is 137 Å². The number of benzene rings is 6. The molecular formula is C32H20BaCl2N4O8S2. The van der Waals surface area contributed by atoms with Crippen molar-refractivity contribution in [2.45, 2.75) is 9.79 Å². The topological polar surface area (TPSA) is 204 Å². The first-order valence-electron chi connectivity index (χ1n) is 13.5. The van der Waals surface area contributed by atoms with Gasteiger partial charge in [-0.1, -0.05) is 108 Å². The molecule has 0 atom stereocenters. The van der Waals surface area contributed by atoms with Crippen molar-refractivity contribution in [1.29, 1.82) is 0 Å². The molecule has 0 amide bonds. The van der Waals surface area contributed by atoms with Crippen molar-refractivity contribution in [3.63, 3.8) is 0 Å². The number of hydrogen-bond acceptors (Lipinski definition) is 11. The Bertz CT molecular complexity index is 2310. The molecule has 0 spiro atoms. The van der Waals surface area contributed by atoms with Crippen LogP contribution in [0.25, 0.3) is 21.5 Å². The molecule has 0 saturated carbocycles. The van der Waals surface area contributed by atoms with Crippen molar-refractivity contribution in [1.82, 2.24) is 0 Å². The van der Waals surface area contributed by atoms with E-state index < -0.39 is 30.0 Å². The molecule has 0 aliphatic rings. The monoisotopic (exact) mass is 860 g/mol. The van der Waals surface area contributed by atoms with Gasteiger partial charge in [-0.3, -0.25) is 4.55 Å². The minimum absolute atomic E-state index is 0. The van der Waals surface area contributed by atoms with Crippen molar-refractivity contribution in [2.75, 3.05) is 0 Å². The molecule has 6 aromatic carbocycles. The summed E-state index contributed by atoms with van der Waals surface area (Å²) in [6.07, 6.45) is 0. The van der Waals surface area contributed by atoms with E-state index in [2.05, 4.69) is 20.5 Å². The smallest absolute Gasteiger partial charge is 0.871 e. The first-order valence-corrected chi connectivity index (χ1v) is 17.1. The fourth-order valence-corrected chi connectivity index (χ4v) is 6.49. The molecule has 0 saturated heterocycles. The van der Waals surface area contributed by atoms with E-state index in [1.807, 2.05) is 24.3 Å².